The molecule has 1 aliphatic rings. The maximum absolute atomic E-state index is 13.3. The number of hydrogen-bond acceptors (Lipinski definition) is 6. The molecule has 0 saturated carbocycles. The Hall–Kier alpha value is -2.26. The Morgan fingerprint density at radius 3 is 2.53 bits per heavy atom. The summed E-state index contributed by atoms with van der Waals surface area (Å²) in [5, 5.41) is 16.5. The van der Waals surface area contributed by atoms with Crippen LogP contribution in [0.2, 0.25) is 0 Å². The summed E-state index contributed by atoms with van der Waals surface area (Å²) in [6.07, 6.45) is -0.529. The molecule has 0 spiro atoms. The molecular formula is C23H35N3O5S. The minimum absolute atomic E-state index is 0.239. The van der Waals surface area contributed by atoms with Gasteiger partial charge < -0.3 is 25.4 Å². The summed E-state index contributed by atoms with van der Waals surface area (Å²) in [6, 6.07) is 7.67. The topological polar surface area (TPSA) is 108 Å². The largest absolute Gasteiger partial charge is 0.450 e. The lowest BCUT2D eigenvalue weighted by atomic mass is 9.97. The molecule has 8 nitrogen and oxygen atoms in total. The summed E-state index contributed by atoms with van der Waals surface area (Å²) in [5.41, 5.74) is 0.855. The second-order valence-corrected chi connectivity index (χ2v) is 10.00. The van der Waals surface area contributed by atoms with Crippen LogP contribution in [-0.4, -0.2) is 69.9 Å². The molecule has 1 heterocycles. The van der Waals surface area contributed by atoms with Crippen molar-refractivity contribution in [1.29, 1.82) is 0 Å². The number of nitrogens with zero attached hydrogens (tertiary/aromatic N) is 1. The summed E-state index contributed by atoms with van der Waals surface area (Å²) in [7, 11) is 0. The number of benzene rings is 1. The molecule has 1 aliphatic heterocycles. The molecule has 1 saturated heterocycles. The molecule has 1 aromatic carbocycles. The van der Waals surface area contributed by atoms with E-state index in [4.69, 9.17) is 4.74 Å². The molecule has 0 bridgehead atoms. The van der Waals surface area contributed by atoms with E-state index < -0.39 is 34.9 Å². The van der Waals surface area contributed by atoms with Gasteiger partial charge in [0.25, 0.3) is 5.91 Å². The zero-order chi connectivity index (χ0) is 23.7. The highest BCUT2D eigenvalue weighted by Gasteiger charge is 2.49. The van der Waals surface area contributed by atoms with Crippen LogP contribution in [0.15, 0.2) is 30.3 Å². The summed E-state index contributed by atoms with van der Waals surface area (Å²) < 4.78 is 4.59. The van der Waals surface area contributed by atoms with Crippen molar-refractivity contribution in [3.05, 3.63) is 35.9 Å². The first-order valence-electron chi connectivity index (χ1n) is 11.1. The quantitative estimate of drug-likeness (QED) is 0.489. The van der Waals surface area contributed by atoms with Crippen LogP contribution in [0.1, 0.15) is 46.1 Å². The van der Waals surface area contributed by atoms with Crippen LogP contribution in [0.5, 0.6) is 0 Å². The second-order valence-electron chi connectivity index (χ2n) is 8.40. The van der Waals surface area contributed by atoms with Crippen molar-refractivity contribution in [3.63, 3.8) is 0 Å². The second kappa shape index (κ2) is 12.1. The fraction of sp³-hybridized carbons (Fsp3) is 0.609. The van der Waals surface area contributed by atoms with Crippen LogP contribution in [0.25, 0.3) is 0 Å². The highest BCUT2D eigenvalue weighted by molar-refractivity contribution is 8.00. The maximum Gasteiger partial charge on any atom is 0.407 e. The van der Waals surface area contributed by atoms with Gasteiger partial charge >= 0.3 is 6.09 Å². The maximum atomic E-state index is 13.3. The minimum atomic E-state index is -1.53. The van der Waals surface area contributed by atoms with E-state index in [2.05, 4.69) is 10.6 Å². The Morgan fingerprint density at radius 1 is 1.22 bits per heavy atom. The van der Waals surface area contributed by atoms with Crippen molar-refractivity contribution < 1.29 is 24.2 Å². The predicted molar refractivity (Wildman–Crippen MR) is 125 cm³/mol. The van der Waals surface area contributed by atoms with Gasteiger partial charge in [0, 0.05) is 11.3 Å². The molecule has 1 aromatic rings. The SMILES string of the molecule is CCCNC(=O)C1N(C(=O)C(O)C(Cc2ccccc2)NC(=O)OCCC)CSC1(C)C. The fourth-order valence-electron chi connectivity index (χ4n) is 3.60. The number of ether oxygens (including phenoxy) is 1. The first kappa shape index (κ1) is 26.0. The number of aliphatic hydroxyl groups is 1. The molecule has 0 aliphatic carbocycles. The van der Waals surface area contributed by atoms with Gasteiger partial charge in [0.15, 0.2) is 6.10 Å². The Balaban J connectivity index is 2.21. The number of amides is 3. The molecule has 3 amide bonds. The summed E-state index contributed by atoms with van der Waals surface area (Å²) in [5.74, 6) is -0.542. The number of aliphatic hydroxyl groups excluding tert-OH is 1. The van der Waals surface area contributed by atoms with Crippen LogP contribution in [0.3, 0.4) is 0 Å². The highest BCUT2D eigenvalue weighted by atomic mass is 32.2. The van der Waals surface area contributed by atoms with Gasteiger partial charge in [-0.3, -0.25) is 9.59 Å². The summed E-state index contributed by atoms with van der Waals surface area (Å²) in [6.45, 7) is 8.42. The molecule has 0 radical (unpaired) electrons. The molecule has 3 unspecified atom stereocenters. The van der Waals surface area contributed by atoms with Gasteiger partial charge in [-0.1, -0.05) is 44.2 Å². The molecule has 1 fully saturated rings. The molecule has 3 atom stereocenters. The molecular weight excluding hydrogens is 430 g/mol. The zero-order valence-corrected chi connectivity index (χ0v) is 20.1. The van der Waals surface area contributed by atoms with Gasteiger partial charge in [0.05, 0.1) is 18.5 Å². The van der Waals surface area contributed by atoms with Gasteiger partial charge in [0.2, 0.25) is 5.91 Å². The Bertz CT molecular complexity index is 774. The molecule has 0 aromatic heterocycles. The zero-order valence-electron chi connectivity index (χ0n) is 19.3. The Morgan fingerprint density at radius 2 is 1.91 bits per heavy atom. The fourth-order valence-corrected chi connectivity index (χ4v) is 4.74. The van der Waals surface area contributed by atoms with Crippen LogP contribution in [0, 0.1) is 0 Å². The summed E-state index contributed by atoms with van der Waals surface area (Å²) in [4.78, 5) is 39.8. The smallest absolute Gasteiger partial charge is 0.407 e. The van der Waals surface area contributed by atoms with Crippen LogP contribution < -0.4 is 10.6 Å². The van der Waals surface area contributed by atoms with Crippen molar-refractivity contribution in [1.82, 2.24) is 15.5 Å². The number of rotatable bonds is 10. The number of thioether (sulfide) groups is 1. The van der Waals surface area contributed by atoms with E-state index in [1.165, 1.54) is 16.7 Å². The van der Waals surface area contributed by atoms with Gasteiger partial charge in [-0.2, -0.15) is 0 Å². The number of carbonyl (C=O) groups excluding carboxylic acids is 3. The summed E-state index contributed by atoms with van der Waals surface area (Å²) >= 11 is 1.49. The van der Waals surface area contributed by atoms with Crippen LogP contribution in [-0.2, 0) is 20.7 Å². The normalized spacial score (nSPS) is 19.2. The van der Waals surface area contributed by atoms with E-state index >= 15 is 0 Å². The molecule has 32 heavy (non-hydrogen) atoms. The molecule has 3 N–H and O–H groups in total. The molecule has 9 heteroatoms. The van der Waals surface area contributed by atoms with E-state index in [1.807, 2.05) is 58.0 Å². The van der Waals surface area contributed by atoms with Crippen molar-refractivity contribution in [2.45, 2.75) is 69.9 Å². The van der Waals surface area contributed by atoms with Crippen LogP contribution >= 0.6 is 11.8 Å². The lowest BCUT2D eigenvalue weighted by Crippen LogP contribution is -2.58. The number of alkyl carbamates (subject to hydrolysis) is 1. The average molecular weight is 466 g/mol. The molecule has 178 valence electrons. The van der Waals surface area contributed by atoms with Crippen molar-refractivity contribution >= 4 is 29.7 Å². The highest BCUT2D eigenvalue weighted by Crippen LogP contribution is 2.39. The van der Waals surface area contributed by atoms with Gasteiger partial charge in [-0.05, 0) is 38.7 Å². The lowest BCUT2D eigenvalue weighted by Gasteiger charge is -2.33. The third kappa shape index (κ3) is 6.87. The Kier molecular flexibility index (Phi) is 9.84. The standard InChI is InChI=1S/C23H35N3O5S/c1-5-12-24-20(28)19-23(3,4)32-15-26(19)21(29)18(27)17(25-22(30)31-13-6-2)14-16-10-8-7-9-11-16/h7-11,17-19,27H,5-6,12-15H2,1-4H3,(H,24,28)(H,25,30). The van der Waals surface area contributed by atoms with E-state index in [0.717, 1.165) is 12.0 Å². The number of nitrogens with one attached hydrogen (secondary N) is 2. The first-order valence-corrected chi connectivity index (χ1v) is 12.1. The number of carbonyl (C=O) groups is 3. The van der Waals surface area contributed by atoms with Crippen molar-refractivity contribution in [2.24, 2.45) is 0 Å². The van der Waals surface area contributed by atoms with E-state index in [0.29, 0.717) is 13.0 Å². The van der Waals surface area contributed by atoms with Gasteiger partial charge in [0.1, 0.15) is 6.04 Å². The third-order valence-electron chi connectivity index (χ3n) is 5.30. The van der Waals surface area contributed by atoms with E-state index in [1.54, 1.807) is 0 Å². The lowest BCUT2D eigenvalue weighted by molar-refractivity contribution is -0.147. The van der Waals surface area contributed by atoms with E-state index in [-0.39, 0.29) is 24.8 Å². The monoisotopic (exact) mass is 465 g/mol. The van der Waals surface area contributed by atoms with Gasteiger partial charge in [-0.15, -0.1) is 11.8 Å². The van der Waals surface area contributed by atoms with Gasteiger partial charge in [-0.25, -0.2) is 4.79 Å². The minimum Gasteiger partial charge on any atom is -0.450 e. The average Bonchev–Trinajstić information content (AvgIpc) is 3.10. The van der Waals surface area contributed by atoms with E-state index in [9.17, 15) is 19.5 Å². The predicted octanol–water partition coefficient (Wildman–Crippen LogP) is 2.30. The first-order chi connectivity index (χ1) is 15.2. The van der Waals surface area contributed by atoms with Crippen molar-refractivity contribution in [2.75, 3.05) is 19.0 Å². The molecule has 2 rings (SSSR count). The number of hydrogen-bond donors (Lipinski definition) is 3. The van der Waals surface area contributed by atoms with Crippen molar-refractivity contribution in [3.8, 4) is 0 Å². The third-order valence-corrected chi connectivity index (χ3v) is 6.67. The van der Waals surface area contributed by atoms with Crippen LogP contribution in [0.4, 0.5) is 4.79 Å². The Labute approximate surface area is 194 Å².